The molecule has 2 fully saturated rings. The van der Waals surface area contributed by atoms with Crippen LogP contribution in [-0.4, -0.2) is 47.2 Å². The van der Waals surface area contributed by atoms with Gasteiger partial charge < -0.3 is 15.7 Å². The van der Waals surface area contributed by atoms with E-state index in [0.29, 0.717) is 18.9 Å². The third kappa shape index (κ3) is 6.37. The van der Waals surface area contributed by atoms with Crippen molar-refractivity contribution < 1.29 is 27.9 Å². The summed E-state index contributed by atoms with van der Waals surface area (Å²) in [7, 11) is 0. The molecule has 1 saturated heterocycles. The van der Waals surface area contributed by atoms with E-state index < -0.39 is 23.9 Å². The Hall–Kier alpha value is -2.29. The number of amides is 2. The molecule has 1 saturated carbocycles. The summed E-state index contributed by atoms with van der Waals surface area (Å²) in [5.41, 5.74) is -0.0364. The van der Waals surface area contributed by atoms with Crippen molar-refractivity contribution in [1.82, 2.24) is 15.5 Å². The zero-order valence-electron chi connectivity index (χ0n) is 18.7. The number of alkyl halides is 3. The van der Waals surface area contributed by atoms with Gasteiger partial charge in [0.1, 0.15) is 6.04 Å². The van der Waals surface area contributed by atoms with E-state index in [0.717, 1.165) is 43.6 Å². The lowest BCUT2D eigenvalue weighted by molar-refractivity contribution is -0.137. The summed E-state index contributed by atoms with van der Waals surface area (Å²) in [4.78, 5) is 26.2. The second-order valence-electron chi connectivity index (χ2n) is 10.3. The molecule has 4 atom stereocenters. The third-order valence-corrected chi connectivity index (χ3v) is 6.38. The summed E-state index contributed by atoms with van der Waals surface area (Å²) < 4.78 is 38.3. The lowest BCUT2D eigenvalue weighted by Gasteiger charge is -2.28. The van der Waals surface area contributed by atoms with E-state index in [1.54, 1.807) is 0 Å². The van der Waals surface area contributed by atoms with Crippen molar-refractivity contribution in [1.29, 1.82) is 0 Å². The first kappa shape index (κ1) is 24.4. The molecule has 3 N–H and O–H groups in total. The number of carboxylic acid groups (broad SMARTS) is 1. The number of carbonyl (C=O) groups excluding carboxylic acids is 1. The van der Waals surface area contributed by atoms with Gasteiger partial charge in [-0.05, 0) is 54.2 Å². The maximum absolute atomic E-state index is 12.8. The van der Waals surface area contributed by atoms with Crippen LogP contribution in [0.5, 0.6) is 0 Å². The van der Waals surface area contributed by atoms with Gasteiger partial charge in [-0.25, -0.2) is 4.79 Å². The van der Waals surface area contributed by atoms with Crippen LogP contribution in [0.1, 0.15) is 51.2 Å². The van der Waals surface area contributed by atoms with Gasteiger partial charge in [0.05, 0.1) is 5.56 Å². The van der Waals surface area contributed by atoms with Crippen molar-refractivity contribution in [2.45, 2.75) is 64.8 Å². The highest BCUT2D eigenvalue weighted by Gasteiger charge is 2.43. The van der Waals surface area contributed by atoms with Gasteiger partial charge in [-0.15, -0.1) is 0 Å². The van der Waals surface area contributed by atoms with Crippen molar-refractivity contribution in [3.63, 3.8) is 0 Å². The number of benzene rings is 1. The van der Waals surface area contributed by atoms with Gasteiger partial charge in [0, 0.05) is 25.7 Å². The fourth-order valence-electron chi connectivity index (χ4n) is 4.98. The molecule has 1 heterocycles. The third-order valence-electron chi connectivity index (χ3n) is 6.38. The average Bonchev–Trinajstić information content (AvgIpc) is 3.20. The summed E-state index contributed by atoms with van der Waals surface area (Å²) in [6, 6.07) is 4.43. The van der Waals surface area contributed by atoms with Crippen LogP contribution >= 0.6 is 0 Å². The van der Waals surface area contributed by atoms with E-state index in [-0.39, 0.29) is 23.3 Å². The number of nitrogens with zero attached hydrogens (tertiary/aromatic N) is 1. The van der Waals surface area contributed by atoms with E-state index in [1.165, 1.54) is 12.1 Å². The first-order valence-corrected chi connectivity index (χ1v) is 11.0. The molecule has 1 aliphatic carbocycles. The van der Waals surface area contributed by atoms with Gasteiger partial charge in [0.25, 0.3) is 0 Å². The molecule has 1 aromatic rings. The predicted molar refractivity (Wildman–Crippen MR) is 114 cm³/mol. The quantitative estimate of drug-likeness (QED) is 0.603. The molecule has 32 heavy (non-hydrogen) atoms. The second kappa shape index (κ2) is 9.29. The lowest BCUT2D eigenvalue weighted by atomic mass is 9.87. The van der Waals surface area contributed by atoms with E-state index in [1.807, 2.05) is 20.8 Å². The molecule has 178 valence electrons. The minimum atomic E-state index is -4.34. The van der Waals surface area contributed by atoms with Gasteiger partial charge in [-0.2, -0.15) is 13.2 Å². The molecule has 9 heteroatoms. The minimum absolute atomic E-state index is 0.0248. The highest BCUT2D eigenvalue weighted by Crippen LogP contribution is 2.39. The normalized spacial score (nSPS) is 24.8. The number of carbonyl (C=O) groups is 2. The Labute approximate surface area is 186 Å². The summed E-state index contributed by atoms with van der Waals surface area (Å²) >= 11 is 0. The zero-order chi connectivity index (χ0) is 23.7. The molecular weight excluding hydrogens is 423 g/mol. The molecule has 6 nitrogen and oxygen atoms in total. The molecule has 0 bridgehead atoms. The van der Waals surface area contributed by atoms with Crippen molar-refractivity contribution in [3.05, 3.63) is 35.4 Å². The Morgan fingerprint density at radius 1 is 1.12 bits per heavy atom. The molecule has 0 spiro atoms. The highest BCUT2D eigenvalue weighted by atomic mass is 19.4. The monoisotopic (exact) mass is 455 g/mol. The number of hydrogen-bond donors (Lipinski definition) is 3. The Bertz CT molecular complexity index is 821. The summed E-state index contributed by atoms with van der Waals surface area (Å²) in [6.07, 6.45) is -3.34. The molecule has 1 aromatic carbocycles. The van der Waals surface area contributed by atoms with Crippen LogP contribution < -0.4 is 10.6 Å². The number of halogens is 3. The van der Waals surface area contributed by atoms with E-state index in [2.05, 4.69) is 15.5 Å². The Kier molecular flexibility index (Phi) is 7.07. The maximum Gasteiger partial charge on any atom is 0.416 e. The van der Waals surface area contributed by atoms with Crippen LogP contribution in [0.2, 0.25) is 0 Å². The number of rotatable bonds is 6. The lowest BCUT2D eigenvalue weighted by Crippen LogP contribution is -2.51. The summed E-state index contributed by atoms with van der Waals surface area (Å²) in [5.74, 6) is 0.380. The van der Waals surface area contributed by atoms with E-state index >= 15 is 0 Å². The molecule has 2 amide bonds. The van der Waals surface area contributed by atoms with Crippen LogP contribution in [-0.2, 0) is 17.5 Å². The van der Waals surface area contributed by atoms with Gasteiger partial charge in [-0.3, -0.25) is 9.69 Å². The molecule has 0 radical (unpaired) electrons. The molecule has 0 aromatic heterocycles. The first-order chi connectivity index (χ1) is 14.8. The maximum atomic E-state index is 12.8. The molecule has 0 unspecified atom stereocenters. The van der Waals surface area contributed by atoms with Gasteiger partial charge in [0.2, 0.25) is 5.91 Å². The van der Waals surface area contributed by atoms with Crippen LogP contribution in [0.4, 0.5) is 18.0 Å². The SMILES string of the molecule is CC(C)(C)C[C@H](NC(=O)O)C(=O)N[C@H]1CC[C@@H]2CN(Cc3ccc(C(F)(F)F)cc3)C[C@@H]21. The number of fused-ring (bicyclic) bond motifs is 1. The van der Waals surface area contributed by atoms with Gasteiger partial charge >= 0.3 is 12.3 Å². The molecular formula is C23H32F3N3O3. The minimum Gasteiger partial charge on any atom is -0.465 e. The standard InChI is InChI=1S/C23H32F3N3O3/c1-22(2,3)10-19(28-21(31)32)20(30)27-18-9-6-15-12-29(13-17(15)18)11-14-4-7-16(8-5-14)23(24,25)26/h4-5,7-8,15,17-19,28H,6,9-13H2,1-3H3,(H,27,30)(H,31,32)/t15-,17+,18+,19+/m1/s1. The second-order valence-corrected chi connectivity index (χ2v) is 10.3. The highest BCUT2D eigenvalue weighted by molar-refractivity contribution is 5.85. The molecule has 2 aliphatic rings. The Morgan fingerprint density at radius 2 is 1.78 bits per heavy atom. The number of likely N-dealkylation sites (tertiary alicyclic amines) is 1. The summed E-state index contributed by atoms with van der Waals surface area (Å²) in [5, 5.41) is 14.5. The average molecular weight is 456 g/mol. The van der Waals surface area contributed by atoms with Crippen LogP contribution in [0.25, 0.3) is 0 Å². The topological polar surface area (TPSA) is 81.7 Å². The number of nitrogens with one attached hydrogen (secondary N) is 2. The smallest absolute Gasteiger partial charge is 0.416 e. The van der Waals surface area contributed by atoms with Crippen LogP contribution in [0, 0.1) is 17.3 Å². The van der Waals surface area contributed by atoms with Crippen LogP contribution in [0.3, 0.4) is 0 Å². The fourth-order valence-corrected chi connectivity index (χ4v) is 4.98. The van der Waals surface area contributed by atoms with Crippen molar-refractivity contribution >= 4 is 12.0 Å². The van der Waals surface area contributed by atoms with Crippen molar-refractivity contribution in [2.24, 2.45) is 17.3 Å². The summed E-state index contributed by atoms with van der Waals surface area (Å²) in [6.45, 7) is 8.04. The number of hydrogen-bond acceptors (Lipinski definition) is 3. The largest absolute Gasteiger partial charge is 0.465 e. The molecule has 1 aliphatic heterocycles. The Balaban J connectivity index is 1.58. The Morgan fingerprint density at radius 3 is 2.34 bits per heavy atom. The molecule has 3 rings (SSSR count). The fraction of sp³-hybridized carbons (Fsp3) is 0.652. The van der Waals surface area contributed by atoms with Gasteiger partial charge in [-0.1, -0.05) is 32.9 Å². The van der Waals surface area contributed by atoms with Gasteiger partial charge in [0.15, 0.2) is 0 Å². The van der Waals surface area contributed by atoms with Crippen LogP contribution in [0.15, 0.2) is 24.3 Å². The van der Waals surface area contributed by atoms with Crippen molar-refractivity contribution in [3.8, 4) is 0 Å². The first-order valence-electron chi connectivity index (χ1n) is 11.0. The van der Waals surface area contributed by atoms with E-state index in [9.17, 15) is 22.8 Å². The zero-order valence-corrected chi connectivity index (χ0v) is 18.7. The van der Waals surface area contributed by atoms with E-state index in [4.69, 9.17) is 5.11 Å². The van der Waals surface area contributed by atoms with Crippen molar-refractivity contribution in [2.75, 3.05) is 13.1 Å². The predicted octanol–water partition coefficient (Wildman–Crippen LogP) is 4.10.